The average Bonchev–Trinajstić information content (AvgIpc) is 3.48. The quantitative estimate of drug-likeness (QED) is 0.199. The maximum atomic E-state index is 11.3. The largest absolute Gasteiger partial charge is 0.488 e. The van der Waals surface area contributed by atoms with E-state index in [1.807, 2.05) is 62.4 Å². The molecule has 0 aliphatic carbocycles. The first-order chi connectivity index (χ1) is 16.9. The average molecular weight is 606 g/mol. The van der Waals surface area contributed by atoms with Gasteiger partial charge in [-0.25, -0.2) is 16.8 Å². The van der Waals surface area contributed by atoms with Crippen molar-refractivity contribution in [3.63, 3.8) is 0 Å². The maximum Gasteiger partial charge on any atom is 0.262 e. The van der Waals surface area contributed by atoms with Crippen LogP contribution >= 0.6 is 44.0 Å². The lowest BCUT2D eigenvalue weighted by atomic mass is 10.2. The summed E-state index contributed by atoms with van der Waals surface area (Å²) in [6.07, 6.45) is 0. The topological polar surface area (TPSA) is 86.7 Å². The van der Waals surface area contributed by atoms with Gasteiger partial charge in [0.05, 0.1) is 19.5 Å². The second kappa shape index (κ2) is 12.4. The summed E-state index contributed by atoms with van der Waals surface area (Å²) in [6, 6.07) is 18.1. The number of hydrogen-bond donors (Lipinski definition) is 0. The smallest absolute Gasteiger partial charge is 0.262 e. The van der Waals surface area contributed by atoms with Crippen molar-refractivity contribution in [2.45, 2.75) is 36.9 Å². The third-order valence-corrected chi connectivity index (χ3v) is 9.58. The van der Waals surface area contributed by atoms with Gasteiger partial charge >= 0.3 is 0 Å². The lowest BCUT2D eigenvalue weighted by Gasteiger charge is -2.06. The molecule has 0 atom stereocenters. The fourth-order valence-corrected chi connectivity index (χ4v) is 7.61. The minimum atomic E-state index is -3.70. The molecular formula is C24H22Cl2O6S4. The van der Waals surface area contributed by atoms with Crippen molar-refractivity contribution >= 4 is 62.1 Å². The van der Waals surface area contributed by atoms with Crippen molar-refractivity contribution < 1.29 is 26.3 Å². The Bertz CT molecular complexity index is 1370. The van der Waals surface area contributed by atoms with Crippen LogP contribution in [0.15, 0.2) is 81.2 Å². The first-order valence-corrected chi connectivity index (χ1v) is 16.7. The Kier molecular flexibility index (Phi) is 9.85. The molecule has 0 saturated carbocycles. The summed E-state index contributed by atoms with van der Waals surface area (Å²) in [7, 11) is 3.26. The molecular weight excluding hydrogens is 583 g/mol. The molecule has 0 bridgehead atoms. The number of benzene rings is 2. The molecule has 0 aliphatic heterocycles. The molecule has 4 rings (SSSR count). The number of rotatable bonds is 8. The second-order valence-corrected chi connectivity index (χ2v) is 14.6. The van der Waals surface area contributed by atoms with Crippen LogP contribution in [0.25, 0.3) is 0 Å². The molecule has 2 aromatic heterocycles. The standard InChI is InChI=1S/2C12H11ClO3S2/c2*1-9-2-4-10(5-3-9)16-8-11-12(6-7-17-11)18(13,14)15/h2*2-7H,8H2,1H3. The number of hydrogen-bond acceptors (Lipinski definition) is 8. The Morgan fingerprint density at radius 1 is 0.611 bits per heavy atom. The molecule has 2 aromatic carbocycles. The summed E-state index contributed by atoms with van der Waals surface area (Å²) in [4.78, 5) is 1.46. The van der Waals surface area contributed by atoms with E-state index in [1.54, 1.807) is 10.8 Å². The molecule has 36 heavy (non-hydrogen) atoms. The minimum absolute atomic E-state index is 0.126. The summed E-state index contributed by atoms with van der Waals surface area (Å²) in [5, 5.41) is 3.37. The fourth-order valence-electron chi connectivity index (χ4n) is 2.87. The van der Waals surface area contributed by atoms with E-state index in [4.69, 9.17) is 30.8 Å². The van der Waals surface area contributed by atoms with Crippen LogP contribution in [0.1, 0.15) is 20.9 Å². The van der Waals surface area contributed by atoms with Crippen molar-refractivity contribution in [1.29, 1.82) is 0 Å². The molecule has 4 aromatic rings. The van der Waals surface area contributed by atoms with E-state index in [2.05, 4.69) is 0 Å². The van der Waals surface area contributed by atoms with Crippen LogP contribution in [0.5, 0.6) is 11.5 Å². The summed E-state index contributed by atoms with van der Waals surface area (Å²) in [5.74, 6) is 1.40. The summed E-state index contributed by atoms with van der Waals surface area (Å²) in [5.41, 5.74) is 2.28. The molecule has 0 spiro atoms. The highest BCUT2D eigenvalue weighted by molar-refractivity contribution is 8.14. The number of ether oxygens (including phenoxy) is 2. The van der Waals surface area contributed by atoms with Gasteiger partial charge in [0.25, 0.3) is 18.1 Å². The highest BCUT2D eigenvalue weighted by atomic mass is 35.7. The fraction of sp³-hybridized carbons (Fsp3) is 0.167. The third kappa shape index (κ3) is 8.50. The molecule has 12 heteroatoms. The molecule has 0 unspecified atom stereocenters. The van der Waals surface area contributed by atoms with Crippen molar-refractivity contribution in [1.82, 2.24) is 0 Å². The molecule has 0 fully saturated rings. The van der Waals surface area contributed by atoms with Crippen LogP contribution < -0.4 is 9.47 Å². The highest BCUT2D eigenvalue weighted by Crippen LogP contribution is 2.27. The van der Waals surface area contributed by atoms with E-state index in [0.717, 1.165) is 11.1 Å². The van der Waals surface area contributed by atoms with E-state index in [1.165, 1.54) is 34.8 Å². The van der Waals surface area contributed by atoms with Crippen molar-refractivity contribution in [2.24, 2.45) is 0 Å². The van der Waals surface area contributed by atoms with Gasteiger partial charge in [-0.05, 0) is 61.0 Å². The van der Waals surface area contributed by atoms with Crippen LogP contribution in [0.3, 0.4) is 0 Å². The molecule has 6 nitrogen and oxygen atoms in total. The predicted octanol–water partition coefficient (Wildman–Crippen LogP) is 7.13. The first-order valence-electron chi connectivity index (χ1n) is 10.3. The van der Waals surface area contributed by atoms with Crippen LogP contribution in [0.4, 0.5) is 0 Å². The lowest BCUT2D eigenvalue weighted by Crippen LogP contribution is -1.98. The summed E-state index contributed by atoms with van der Waals surface area (Å²) >= 11 is 2.62. The van der Waals surface area contributed by atoms with Crippen molar-refractivity contribution in [3.8, 4) is 11.5 Å². The lowest BCUT2D eigenvalue weighted by molar-refractivity contribution is 0.307. The Hall–Kier alpha value is -2.08. The van der Waals surface area contributed by atoms with Crippen molar-refractivity contribution in [2.75, 3.05) is 0 Å². The number of aryl methyl sites for hydroxylation is 2. The van der Waals surface area contributed by atoms with E-state index in [9.17, 15) is 16.8 Å². The van der Waals surface area contributed by atoms with Gasteiger partial charge in [-0.2, -0.15) is 0 Å². The van der Waals surface area contributed by atoms with Gasteiger partial charge in [0.15, 0.2) is 0 Å². The Morgan fingerprint density at radius 3 is 1.25 bits per heavy atom. The minimum Gasteiger partial charge on any atom is -0.488 e. The zero-order valence-electron chi connectivity index (χ0n) is 19.2. The zero-order valence-corrected chi connectivity index (χ0v) is 24.0. The molecule has 0 aliphatic rings. The van der Waals surface area contributed by atoms with E-state index < -0.39 is 18.1 Å². The van der Waals surface area contributed by atoms with Gasteiger partial charge < -0.3 is 9.47 Å². The Morgan fingerprint density at radius 2 is 0.944 bits per heavy atom. The number of thiophene rings is 2. The molecule has 0 saturated heterocycles. The van der Waals surface area contributed by atoms with E-state index in [0.29, 0.717) is 21.3 Å². The molecule has 192 valence electrons. The Labute approximate surface area is 227 Å². The molecule has 0 N–H and O–H groups in total. The van der Waals surface area contributed by atoms with Gasteiger partial charge in [-0.3, -0.25) is 0 Å². The second-order valence-electron chi connectivity index (χ2n) is 7.50. The van der Waals surface area contributed by atoms with Crippen LogP contribution in [0.2, 0.25) is 0 Å². The van der Waals surface area contributed by atoms with Gasteiger partial charge in [0.2, 0.25) is 0 Å². The van der Waals surface area contributed by atoms with Gasteiger partial charge in [-0.1, -0.05) is 35.4 Å². The molecule has 0 amide bonds. The monoisotopic (exact) mass is 604 g/mol. The molecule has 0 radical (unpaired) electrons. The van der Waals surface area contributed by atoms with Crippen LogP contribution in [-0.2, 0) is 31.3 Å². The van der Waals surface area contributed by atoms with Gasteiger partial charge in [-0.15, -0.1) is 22.7 Å². The molecule has 2 heterocycles. The highest BCUT2D eigenvalue weighted by Gasteiger charge is 2.18. The van der Waals surface area contributed by atoms with Gasteiger partial charge in [0, 0.05) is 21.4 Å². The van der Waals surface area contributed by atoms with E-state index in [-0.39, 0.29) is 23.0 Å². The first kappa shape index (κ1) is 28.5. The third-order valence-electron chi connectivity index (χ3n) is 4.72. The van der Waals surface area contributed by atoms with E-state index >= 15 is 0 Å². The van der Waals surface area contributed by atoms with Crippen LogP contribution in [-0.4, -0.2) is 16.8 Å². The van der Waals surface area contributed by atoms with Gasteiger partial charge in [0.1, 0.15) is 24.7 Å². The Balaban J connectivity index is 0.000000201. The van der Waals surface area contributed by atoms with Crippen LogP contribution in [0, 0.1) is 13.8 Å². The normalized spacial score (nSPS) is 11.4. The zero-order chi connectivity index (χ0) is 26.3. The maximum absolute atomic E-state index is 11.3. The number of halogens is 2. The SMILES string of the molecule is Cc1ccc(OCc2sccc2S(=O)(=O)Cl)cc1.Cc1ccc(OCc2sccc2S(=O)(=O)Cl)cc1. The summed E-state index contributed by atoms with van der Waals surface area (Å²) < 4.78 is 56.2. The summed E-state index contributed by atoms with van der Waals surface area (Å²) in [6.45, 7) is 4.37. The van der Waals surface area contributed by atoms with Crippen molar-refractivity contribution in [3.05, 3.63) is 92.3 Å². The predicted molar refractivity (Wildman–Crippen MR) is 146 cm³/mol.